The third kappa shape index (κ3) is 6.43. The quantitative estimate of drug-likeness (QED) is 0.151. The van der Waals surface area contributed by atoms with Crippen molar-refractivity contribution in [2.75, 3.05) is 9.80 Å². The van der Waals surface area contributed by atoms with Crippen molar-refractivity contribution in [1.82, 2.24) is 8.80 Å². The molecule has 0 saturated heterocycles. The van der Waals surface area contributed by atoms with Gasteiger partial charge in [0, 0.05) is 65.8 Å². The van der Waals surface area contributed by atoms with Gasteiger partial charge in [-0.15, -0.1) is 0 Å². The highest BCUT2D eigenvalue weighted by molar-refractivity contribution is 6.32. The van der Waals surface area contributed by atoms with Crippen LogP contribution in [0.4, 0.5) is 34.1 Å². The van der Waals surface area contributed by atoms with Crippen LogP contribution in [0.25, 0.3) is 76.2 Å². The maximum absolute atomic E-state index is 10.4. The SMILES string of the molecule is [2H]c1c([2H])c([2H])c(N(c2ccc(C(C)C)cc2)c2c([2H])c([2H])c3c4cc5c(cc4n4c6c(C(C)(C)C)cccc6c2c34)c2c([2H])c([2H])c(N(c3ccc(C(C)C)cc3)c3c([2H])c([2H])c([2H])c([2H])c3[2H])c3c4cccc(C(C)(C)C)c4n5c23)c([2H])c1[2H]. The minimum absolute atomic E-state index is 0.145. The van der Waals surface area contributed by atoms with E-state index in [4.69, 9.17) is 8.22 Å². The average Bonchev–Trinajstić information content (AvgIpc) is 1.51. The molecular formula is C68H62N4. The normalized spacial score (nSPS) is 15.6. The van der Waals surface area contributed by atoms with E-state index in [1.54, 1.807) is 9.80 Å². The number of anilines is 6. The van der Waals surface area contributed by atoms with E-state index in [-0.39, 0.29) is 58.8 Å². The molecule has 4 heterocycles. The molecule has 13 aromatic rings. The largest absolute Gasteiger partial charge is 0.310 e. The van der Waals surface area contributed by atoms with Crippen LogP contribution in [0, 0.1) is 0 Å². The van der Waals surface area contributed by atoms with E-state index in [1.807, 2.05) is 84.9 Å². The average molecular weight is 949 g/mol. The lowest BCUT2D eigenvalue weighted by molar-refractivity contribution is 0.594. The molecule has 0 N–H and O–H groups in total. The molecule has 4 nitrogen and oxygen atoms in total. The van der Waals surface area contributed by atoms with Gasteiger partial charge in [-0.05, 0) is 118 Å². The van der Waals surface area contributed by atoms with Gasteiger partial charge in [0.2, 0.25) is 0 Å². The summed E-state index contributed by atoms with van der Waals surface area (Å²) < 4.78 is 137. The van der Waals surface area contributed by atoms with Crippen LogP contribution >= 0.6 is 0 Å². The van der Waals surface area contributed by atoms with Gasteiger partial charge in [-0.1, -0.05) is 178 Å². The van der Waals surface area contributed by atoms with Gasteiger partial charge in [-0.2, -0.15) is 0 Å². The van der Waals surface area contributed by atoms with Crippen molar-refractivity contribution in [3.63, 3.8) is 0 Å². The molecule has 0 spiro atoms. The molecule has 4 heteroatoms. The van der Waals surface area contributed by atoms with Gasteiger partial charge in [0.15, 0.2) is 0 Å². The van der Waals surface area contributed by atoms with Gasteiger partial charge in [-0.3, -0.25) is 0 Å². The van der Waals surface area contributed by atoms with Crippen LogP contribution in [0.5, 0.6) is 0 Å². The summed E-state index contributed by atoms with van der Waals surface area (Å²) in [5.41, 5.74) is 7.80. The molecule has 72 heavy (non-hydrogen) atoms. The summed E-state index contributed by atoms with van der Waals surface area (Å²) in [5.74, 6) is 0.289. The molecule has 0 amide bonds. The second kappa shape index (κ2) is 15.8. The first kappa shape index (κ1) is 31.5. The number of aromatic nitrogens is 2. The summed E-state index contributed by atoms with van der Waals surface area (Å²) in [4.78, 5) is 3.14. The number of nitrogens with zero attached hydrogens (tertiary/aromatic N) is 4. The Morgan fingerprint density at radius 2 is 0.764 bits per heavy atom. The number of rotatable bonds is 8. The third-order valence-electron chi connectivity index (χ3n) is 14.8. The molecule has 0 aliphatic rings. The standard InChI is InChI=1S/C68H62N4/c1-41(2)43-27-31-47(32-28-43)69(45-19-13-11-14-20-45)57-37-35-49-53-39-60-54(40-59(53)71-63-51(61(57)65(49)71)23-17-25-55(63)67(5,6)7)50-36-38-58(62-52-24-18-26-56(68(8,9)10)64(52)72(60)66(50)62)70(46-21-15-12-16-22-46)48-33-29-44(30-34-48)42(3)4/h11-42H,1-10H3/i11D,12D,13D,14D,15D,16D,19D,20D,21D,22D,35D,36D,37D,38D. The first-order valence-electron chi connectivity index (χ1n) is 31.9. The van der Waals surface area contributed by atoms with E-state index < -0.39 is 71.3 Å². The molecule has 0 bridgehead atoms. The van der Waals surface area contributed by atoms with E-state index in [0.717, 1.165) is 33.3 Å². The Morgan fingerprint density at radius 3 is 1.11 bits per heavy atom. The summed E-state index contributed by atoms with van der Waals surface area (Å²) in [6.45, 7) is 21.0. The topological polar surface area (TPSA) is 15.3 Å². The molecule has 354 valence electrons. The Bertz CT molecular complexity index is 4690. The van der Waals surface area contributed by atoms with Crippen LogP contribution in [0.2, 0.25) is 0 Å². The highest BCUT2D eigenvalue weighted by Crippen LogP contribution is 2.53. The zero-order chi connectivity index (χ0) is 61.7. The van der Waals surface area contributed by atoms with Crippen molar-refractivity contribution < 1.29 is 19.2 Å². The Morgan fingerprint density at radius 1 is 0.389 bits per heavy atom. The van der Waals surface area contributed by atoms with Crippen molar-refractivity contribution in [2.45, 2.75) is 91.9 Å². The first-order valence-corrected chi connectivity index (χ1v) is 24.9. The fraction of sp³-hybridized carbons (Fsp3) is 0.206. The molecule has 13 rings (SSSR count). The van der Waals surface area contributed by atoms with Crippen LogP contribution in [0.15, 0.2) is 182 Å². The zero-order valence-corrected chi connectivity index (χ0v) is 42.2. The van der Waals surface area contributed by atoms with Crippen molar-refractivity contribution >= 4 is 110 Å². The van der Waals surface area contributed by atoms with Crippen molar-refractivity contribution in [2.24, 2.45) is 0 Å². The van der Waals surface area contributed by atoms with Crippen LogP contribution in [0.3, 0.4) is 0 Å². The van der Waals surface area contributed by atoms with Gasteiger partial charge >= 0.3 is 0 Å². The third-order valence-corrected chi connectivity index (χ3v) is 14.8. The molecule has 0 unspecified atom stereocenters. The molecular weight excluding hydrogens is 873 g/mol. The van der Waals surface area contributed by atoms with Gasteiger partial charge in [-0.25, -0.2) is 0 Å². The van der Waals surface area contributed by atoms with Crippen molar-refractivity contribution in [3.8, 4) is 0 Å². The van der Waals surface area contributed by atoms with Crippen molar-refractivity contribution in [1.29, 1.82) is 0 Å². The lowest BCUT2D eigenvalue weighted by atomic mass is 9.85. The predicted octanol–water partition coefficient (Wildman–Crippen LogP) is 19.8. The Labute approximate surface area is 442 Å². The summed E-state index contributed by atoms with van der Waals surface area (Å²) in [6.07, 6.45) is 0. The summed E-state index contributed by atoms with van der Waals surface area (Å²) in [6, 6.07) is 25.1. The minimum Gasteiger partial charge on any atom is -0.310 e. The fourth-order valence-corrected chi connectivity index (χ4v) is 11.3. The monoisotopic (exact) mass is 949 g/mol. The Hall–Kier alpha value is -7.82. The lowest BCUT2D eigenvalue weighted by Gasteiger charge is -2.27. The predicted molar refractivity (Wildman–Crippen MR) is 311 cm³/mol. The van der Waals surface area contributed by atoms with E-state index in [0.29, 0.717) is 76.5 Å². The van der Waals surface area contributed by atoms with Crippen LogP contribution < -0.4 is 9.80 Å². The van der Waals surface area contributed by atoms with Gasteiger partial charge in [0.1, 0.15) is 0 Å². The van der Waals surface area contributed by atoms with Gasteiger partial charge in [0.25, 0.3) is 0 Å². The summed E-state index contributed by atoms with van der Waals surface area (Å²) in [7, 11) is 0. The molecule has 0 saturated carbocycles. The smallest absolute Gasteiger partial charge is 0.0645 e. The highest BCUT2D eigenvalue weighted by atomic mass is 15.2. The van der Waals surface area contributed by atoms with Crippen LogP contribution in [-0.2, 0) is 10.8 Å². The maximum atomic E-state index is 10.4. The fourth-order valence-electron chi connectivity index (χ4n) is 11.3. The number of hydrogen-bond donors (Lipinski definition) is 0. The first-order chi connectivity index (χ1) is 40.5. The second-order valence-corrected chi connectivity index (χ2v) is 22.0. The second-order valence-electron chi connectivity index (χ2n) is 22.0. The van der Waals surface area contributed by atoms with E-state index >= 15 is 0 Å². The molecule has 9 aromatic carbocycles. The van der Waals surface area contributed by atoms with E-state index in [2.05, 4.69) is 90.2 Å². The Balaban J connectivity index is 1.24. The molecule has 0 radical (unpaired) electrons. The molecule has 0 atom stereocenters. The minimum atomic E-state index is -0.559. The van der Waals surface area contributed by atoms with Crippen molar-refractivity contribution in [3.05, 3.63) is 204 Å². The molecule has 0 fully saturated rings. The highest BCUT2D eigenvalue weighted by Gasteiger charge is 2.31. The summed E-state index contributed by atoms with van der Waals surface area (Å²) in [5, 5.41) is 4.63. The van der Waals surface area contributed by atoms with E-state index in [1.165, 1.54) is 0 Å². The van der Waals surface area contributed by atoms with E-state index in [9.17, 15) is 11.0 Å². The van der Waals surface area contributed by atoms with Crippen LogP contribution in [-0.4, -0.2) is 8.80 Å². The van der Waals surface area contributed by atoms with Crippen LogP contribution in [0.1, 0.15) is 123 Å². The molecule has 4 aromatic heterocycles. The number of para-hydroxylation sites is 4. The molecule has 0 aliphatic carbocycles. The Kier molecular flexibility index (Phi) is 6.93. The molecule has 0 aliphatic heterocycles. The van der Waals surface area contributed by atoms with Gasteiger partial charge in [0.05, 0.1) is 63.7 Å². The number of benzene rings is 9. The summed E-state index contributed by atoms with van der Waals surface area (Å²) >= 11 is 0. The zero-order valence-electron chi connectivity index (χ0n) is 56.2. The lowest BCUT2D eigenvalue weighted by Crippen LogP contribution is -2.12. The number of fused-ring (bicyclic) bond motifs is 12. The maximum Gasteiger partial charge on any atom is 0.0645 e. The van der Waals surface area contributed by atoms with Gasteiger partial charge < -0.3 is 18.6 Å². The number of hydrogen-bond acceptors (Lipinski definition) is 2.